The average Bonchev–Trinajstić information content (AvgIpc) is 2.83. The number of amides is 1. The summed E-state index contributed by atoms with van der Waals surface area (Å²) in [6.45, 7) is 2.18. The lowest BCUT2D eigenvalue weighted by molar-refractivity contribution is 0.0997. The number of nitrogens with zero attached hydrogens (tertiary/aromatic N) is 6. The van der Waals surface area contributed by atoms with Crippen LogP contribution in [0, 0.1) is 0 Å². The first-order valence-corrected chi connectivity index (χ1v) is 5.63. The Balaban J connectivity index is 2.53. The van der Waals surface area contributed by atoms with Gasteiger partial charge in [0.05, 0.1) is 6.54 Å². The second-order valence-corrected chi connectivity index (χ2v) is 3.82. The Bertz CT molecular complexity index is 712. The monoisotopic (exact) mass is 263 g/mol. The molecule has 1 amide bonds. The van der Waals surface area contributed by atoms with Crippen LogP contribution in [0.15, 0.2) is 16.1 Å². The lowest BCUT2D eigenvalue weighted by Crippen LogP contribution is -2.32. The molecule has 0 saturated carbocycles. The van der Waals surface area contributed by atoms with Gasteiger partial charge in [-0.05, 0) is 6.42 Å². The topological polar surface area (TPSA) is 121 Å². The maximum atomic E-state index is 12.1. The van der Waals surface area contributed by atoms with E-state index >= 15 is 0 Å². The number of carbonyl (C=O) groups is 1. The zero-order valence-corrected chi connectivity index (χ0v) is 10.6. The van der Waals surface area contributed by atoms with E-state index in [-0.39, 0.29) is 17.9 Å². The number of aliphatic imine (C=N–C) groups is 1. The summed E-state index contributed by atoms with van der Waals surface area (Å²) in [5.41, 5.74) is 5.48. The third-order valence-electron chi connectivity index (χ3n) is 2.71. The van der Waals surface area contributed by atoms with E-state index in [1.165, 1.54) is 6.33 Å². The van der Waals surface area contributed by atoms with Crippen molar-refractivity contribution >= 4 is 17.3 Å². The van der Waals surface area contributed by atoms with Gasteiger partial charge in [0, 0.05) is 12.8 Å². The lowest BCUT2D eigenvalue weighted by atomic mass is 10.3. The van der Waals surface area contributed by atoms with Gasteiger partial charge in [-0.3, -0.25) is 9.79 Å². The summed E-state index contributed by atoms with van der Waals surface area (Å²) in [6.07, 6.45) is 1.91. The van der Waals surface area contributed by atoms with Crippen molar-refractivity contribution in [1.82, 2.24) is 24.4 Å². The minimum Gasteiger partial charge on any atom is -0.364 e. The van der Waals surface area contributed by atoms with Gasteiger partial charge >= 0.3 is 5.69 Å². The highest BCUT2D eigenvalue weighted by molar-refractivity contribution is 5.96. The van der Waals surface area contributed by atoms with Crippen LogP contribution in [0.4, 0.5) is 0 Å². The van der Waals surface area contributed by atoms with E-state index in [0.717, 1.165) is 14.8 Å². The van der Waals surface area contributed by atoms with Gasteiger partial charge in [0.15, 0.2) is 11.3 Å². The molecular formula is C10H13N7O2. The Morgan fingerprint density at radius 2 is 2.26 bits per heavy atom. The van der Waals surface area contributed by atoms with E-state index in [2.05, 4.69) is 20.3 Å². The van der Waals surface area contributed by atoms with Crippen LogP contribution in [0.5, 0.6) is 0 Å². The Hall–Kier alpha value is -2.58. The van der Waals surface area contributed by atoms with Crippen LogP contribution in [0.1, 0.15) is 23.8 Å². The third kappa shape index (κ3) is 2.21. The maximum Gasteiger partial charge on any atom is 0.353 e. The average molecular weight is 263 g/mol. The summed E-state index contributed by atoms with van der Waals surface area (Å²) >= 11 is 0. The van der Waals surface area contributed by atoms with Crippen LogP contribution >= 0.6 is 0 Å². The van der Waals surface area contributed by atoms with Crippen LogP contribution in [0.25, 0.3) is 5.65 Å². The van der Waals surface area contributed by atoms with Crippen molar-refractivity contribution in [3.8, 4) is 0 Å². The van der Waals surface area contributed by atoms with E-state index in [1.807, 2.05) is 6.92 Å². The number of aromatic nitrogens is 5. The third-order valence-corrected chi connectivity index (χ3v) is 2.71. The highest BCUT2D eigenvalue weighted by atomic mass is 16.2. The van der Waals surface area contributed by atoms with Gasteiger partial charge in [0.2, 0.25) is 0 Å². The molecule has 2 heterocycles. The summed E-state index contributed by atoms with van der Waals surface area (Å²) < 4.78 is 2.29. The number of fused-ring (bicyclic) bond motifs is 1. The molecule has 0 radical (unpaired) electrons. The van der Waals surface area contributed by atoms with Crippen molar-refractivity contribution in [3.63, 3.8) is 0 Å². The zero-order valence-electron chi connectivity index (χ0n) is 10.6. The number of hydrogen-bond acceptors (Lipinski definition) is 6. The molecule has 0 aliphatic heterocycles. The van der Waals surface area contributed by atoms with Gasteiger partial charge in [-0.2, -0.15) is 4.68 Å². The van der Waals surface area contributed by atoms with Crippen LogP contribution in [0.2, 0.25) is 0 Å². The fourth-order valence-corrected chi connectivity index (χ4v) is 1.62. The van der Waals surface area contributed by atoms with E-state index in [0.29, 0.717) is 6.42 Å². The molecule has 0 spiro atoms. The van der Waals surface area contributed by atoms with Gasteiger partial charge in [-0.15, -0.1) is 5.10 Å². The summed E-state index contributed by atoms with van der Waals surface area (Å²) in [5.74, 6) is -0.752. The predicted molar refractivity (Wildman–Crippen MR) is 67.2 cm³/mol. The predicted octanol–water partition coefficient (Wildman–Crippen LogP) is -1.13. The SMILES string of the molecule is CCC(Cn1nnc2c(C(N)=O)ncn2c1=O)=NC. The summed E-state index contributed by atoms with van der Waals surface area (Å²) in [6, 6.07) is 0. The molecule has 0 saturated heterocycles. The summed E-state index contributed by atoms with van der Waals surface area (Å²) in [5, 5.41) is 7.56. The van der Waals surface area contributed by atoms with Crippen molar-refractivity contribution in [2.45, 2.75) is 19.9 Å². The largest absolute Gasteiger partial charge is 0.364 e. The van der Waals surface area contributed by atoms with Gasteiger partial charge in [-0.25, -0.2) is 14.2 Å². The Kier molecular flexibility index (Phi) is 3.36. The second kappa shape index (κ2) is 4.96. The maximum absolute atomic E-state index is 12.1. The quantitative estimate of drug-likeness (QED) is 0.699. The molecule has 0 aliphatic rings. The van der Waals surface area contributed by atoms with Crippen LogP contribution in [0.3, 0.4) is 0 Å². The standard InChI is InChI=1S/C10H13N7O2/c1-3-6(12-2)4-17-10(19)16-5-13-7(8(11)18)9(16)14-15-17/h5H,3-4H2,1-2H3,(H2,11,18). The van der Waals surface area contributed by atoms with Crippen molar-refractivity contribution in [2.24, 2.45) is 10.7 Å². The molecule has 2 rings (SSSR count). The molecule has 2 N–H and O–H groups in total. The van der Waals surface area contributed by atoms with Crippen molar-refractivity contribution < 1.29 is 4.79 Å². The molecule has 9 heteroatoms. The van der Waals surface area contributed by atoms with Crippen LogP contribution in [-0.2, 0) is 6.54 Å². The first-order chi connectivity index (χ1) is 9.08. The second-order valence-electron chi connectivity index (χ2n) is 3.82. The Morgan fingerprint density at radius 1 is 1.53 bits per heavy atom. The van der Waals surface area contributed by atoms with Gasteiger partial charge in [0.1, 0.15) is 6.33 Å². The number of primary amides is 1. The molecule has 0 atom stereocenters. The fourth-order valence-electron chi connectivity index (χ4n) is 1.62. The van der Waals surface area contributed by atoms with Gasteiger partial charge in [0.25, 0.3) is 5.91 Å². The van der Waals surface area contributed by atoms with Gasteiger partial charge < -0.3 is 5.73 Å². The molecular weight excluding hydrogens is 250 g/mol. The lowest BCUT2D eigenvalue weighted by Gasteiger charge is -2.04. The number of imidazole rings is 1. The molecule has 9 nitrogen and oxygen atoms in total. The molecule has 100 valence electrons. The van der Waals surface area contributed by atoms with Gasteiger partial charge in [-0.1, -0.05) is 12.1 Å². The first-order valence-electron chi connectivity index (χ1n) is 5.63. The molecule has 2 aromatic heterocycles. The molecule has 0 aromatic carbocycles. The molecule has 19 heavy (non-hydrogen) atoms. The number of nitrogens with two attached hydrogens (primary N) is 1. The first kappa shape index (κ1) is 12.9. The van der Waals surface area contributed by atoms with Crippen molar-refractivity contribution in [3.05, 3.63) is 22.5 Å². The molecule has 0 unspecified atom stereocenters. The minimum absolute atomic E-state index is 0.0558. The molecule has 0 fully saturated rings. The molecule has 0 bridgehead atoms. The number of hydrogen-bond donors (Lipinski definition) is 1. The smallest absolute Gasteiger partial charge is 0.353 e. The summed E-state index contributed by atoms with van der Waals surface area (Å²) in [7, 11) is 1.65. The fraction of sp³-hybridized carbons (Fsp3) is 0.400. The minimum atomic E-state index is -0.752. The molecule has 2 aromatic rings. The van der Waals surface area contributed by atoms with Crippen molar-refractivity contribution in [2.75, 3.05) is 7.05 Å². The van der Waals surface area contributed by atoms with Crippen LogP contribution in [-0.4, -0.2) is 43.0 Å². The van der Waals surface area contributed by atoms with Crippen molar-refractivity contribution in [1.29, 1.82) is 0 Å². The summed E-state index contributed by atoms with van der Waals surface area (Å²) in [4.78, 5) is 31.0. The van der Waals surface area contributed by atoms with E-state index in [4.69, 9.17) is 5.73 Å². The highest BCUT2D eigenvalue weighted by Crippen LogP contribution is 2.01. The zero-order chi connectivity index (χ0) is 14.0. The van der Waals surface area contributed by atoms with E-state index in [1.54, 1.807) is 7.05 Å². The Morgan fingerprint density at radius 3 is 2.84 bits per heavy atom. The number of rotatable bonds is 4. The van der Waals surface area contributed by atoms with E-state index in [9.17, 15) is 9.59 Å². The Labute approximate surface area is 107 Å². The highest BCUT2D eigenvalue weighted by Gasteiger charge is 2.15. The van der Waals surface area contributed by atoms with E-state index < -0.39 is 11.6 Å². The number of carbonyl (C=O) groups excluding carboxylic acids is 1. The normalized spacial score (nSPS) is 12.0. The molecule has 0 aliphatic carbocycles. The van der Waals surface area contributed by atoms with Crippen LogP contribution < -0.4 is 11.4 Å².